The number of esters is 1. The first-order chi connectivity index (χ1) is 14.3. The smallest absolute Gasteiger partial charge is 0.313 e. The van der Waals surface area contributed by atoms with Crippen molar-refractivity contribution < 1.29 is 28.6 Å². The van der Waals surface area contributed by atoms with E-state index >= 15 is 0 Å². The van der Waals surface area contributed by atoms with Crippen molar-refractivity contribution in [1.29, 1.82) is 0 Å². The molecule has 1 aliphatic rings. The number of carbonyl (C=O) groups is 3. The van der Waals surface area contributed by atoms with E-state index in [0.717, 1.165) is 5.56 Å². The molecule has 1 N–H and O–H groups in total. The highest BCUT2D eigenvalue weighted by atomic mass is 16.5. The van der Waals surface area contributed by atoms with Gasteiger partial charge in [-0.1, -0.05) is 12.1 Å². The van der Waals surface area contributed by atoms with E-state index in [4.69, 9.17) is 14.2 Å². The third-order valence-electron chi connectivity index (χ3n) is 5.64. The second kappa shape index (κ2) is 11.0. The molecule has 1 aromatic carbocycles. The molecule has 166 valence electrons. The van der Waals surface area contributed by atoms with Gasteiger partial charge in [0.05, 0.1) is 12.5 Å². The van der Waals surface area contributed by atoms with Crippen molar-refractivity contribution in [2.45, 2.75) is 45.8 Å². The average Bonchev–Trinajstić information content (AvgIpc) is 2.76. The zero-order chi connectivity index (χ0) is 22.1. The predicted octanol–water partition coefficient (Wildman–Crippen LogP) is 1.91. The Labute approximate surface area is 177 Å². The van der Waals surface area contributed by atoms with Gasteiger partial charge in [0.1, 0.15) is 5.75 Å². The fraction of sp³-hybridized carbons (Fsp3) is 0.591. The van der Waals surface area contributed by atoms with Gasteiger partial charge in [0.2, 0.25) is 5.91 Å². The summed E-state index contributed by atoms with van der Waals surface area (Å²) in [6.45, 7) is 4.78. The van der Waals surface area contributed by atoms with Gasteiger partial charge < -0.3 is 24.4 Å². The van der Waals surface area contributed by atoms with Crippen LogP contribution in [0.1, 0.15) is 38.7 Å². The lowest BCUT2D eigenvalue weighted by molar-refractivity contribution is -0.170. The molecular weight excluding hydrogens is 388 g/mol. The summed E-state index contributed by atoms with van der Waals surface area (Å²) in [6, 6.07) is 7.38. The molecule has 0 aliphatic carbocycles. The number of benzene rings is 1. The highest BCUT2D eigenvalue weighted by Gasteiger charge is 2.43. The molecule has 1 heterocycles. The minimum atomic E-state index is -0.923. The maximum Gasteiger partial charge on any atom is 0.313 e. The molecule has 1 aromatic rings. The normalized spacial score (nSPS) is 16.5. The Morgan fingerprint density at radius 3 is 2.50 bits per heavy atom. The van der Waals surface area contributed by atoms with E-state index in [1.54, 1.807) is 26.0 Å². The van der Waals surface area contributed by atoms with Crippen molar-refractivity contribution in [2.75, 3.05) is 33.9 Å². The van der Waals surface area contributed by atoms with Crippen molar-refractivity contribution in [3.8, 4) is 5.75 Å². The van der Waals surface area contributed by atoms with E-state index in [0.29, 0.717) is 51.3 Å². The summed E-state index contributed by atoms with van der Waals surface area (Å²) < 4.78 is 15.9. The third kappa shape index (κ3) is 6.19. The molecule has 1 aliphatic heterocycles. The Morgan fingerprint density at radius 2 is 1.90 bits per heavy atom. The molecule has 1 unspecified atom stereocenters. The van der Waals surface area contributed by atoms with Crippen LogP contribution >= 0.6 is 0 Å². The molecule has 8 nitrogen and oxygen atoms in total. The molecule has 1 fully saturated rings. The lowest BCUT2D eigenvalue weighted by Crippen LogP contribution is -2.48. The van der Waals surface area contributed by atoms with E-state index < -0.39 is 17.5 Å². The van der Waals surface area contributed by atoms with Crippen molar-refractivity contribution in [2.24, 2.45) is 5.41 Å². The summed E-state index contributed by atoms with van der Waals surface area (Å²) in [5.41, 5.74) is 0.137. The minimum absolute atomic E-state index is 0.00556. The van der Waals surface area contributed by atoms with Gasteiger partial charge in [0.15, 0.2) is 6.10 Å². The Bertz CT molecular complexity index is 743. The number of nitrogens with zero attached hydrogens (tertiary/aromatic N) is 1. The molecule has 8 heteroatoms. The van der Waals surface area contributed by atoms with E-state index in [1.165, 1.54) is 6.92 Å². The van der Waals surface area contributed by atoms with Crippen LogP contribution in [0.15, 0.2) is 24.3 Å². The van der Waals surface area contributed by atoms with Crippen LogP contribution in [0.25, 0.3) is 0 Å². The molecule has 2 rings (SSSR count). The number of nitrogens with one attached hydrogen (secondary N) is 1. The second-order valence-electron chi connectivity index (χ2n) is 7.65. The first-order valence-corrected chi connectivity index (χ1v) is 10.2. The van der Waals surface area contributed by atoms with E-state index in [1.807, 2.05) is 24.3 Å². The standard InChI is InChI=1S/C22H32N2O6/c1-16(20(26)23-15-18-6-5-7-19(14-18)29-4)30-21(27)22(10-13-28-3)8-11-24(12-9-22)17(2)25/h5-7,14,16H,8-13,15H2,1-4H3,(H,23,26). The van der Waals surface area contributed by atoms with Crippen molar-refractivity contribution in [3.63, 3.8) is 0 Å². The summed E-state index contributed by atoms with van der Waals surface area (Å²) in [6.07, 6.45) is 0.555. The topological polar surface area (TPSA) is 94.2 Å². The molecule has 1 saturated heterocycles. The van der Waals surface area contributed by atoms with Crippen LogP contribution in [0.5, 0.6) is 5.75 Å². The van der Waals surface area contributed by atoms with Gasteiger partial charge in [-0.15, -0.1) is 0 Å². The molecular formula is C22H32N2O6. The van der Waals surface area contributed by atoms with Gasteiger partial charge in [-0.05, 0) is 43.9 Å². The van der Waals surface area contributed by atoms with Gasteiger partial charge in [-0.3, -0.25) is 14.4 Å². The molecule has 0 spiro atoms. The highest BCUT2D eigenvalue weighted by molar-refractivity contribution is 5.85. The Morgan fingerprint density at radius 1 is 1.20 bits per heavy atom. The number of methoxy groups -OCH3 is 2. The quantitative estimate of drug-likeness (QED) is 0.614. The number of hydrogen-bond acceptors (Lipinski definition) is 6. The van der Waals surface area contributed by atoms with Crippen LogP contribution in [0.4, 0.5) is 0 Å². The monoisotopic (exact) mass is 420 g/mol. The molecule has 2 amide bonds. The lowest BCUT2D eigenvalue weighted by atomic mass is 9.75. The summed E-state index contributed by atoms with van der Waals surface area (Å²) >= 11 is 0. The van der Waals surface area contributed by atoms with E-state index in [2.05, 4.69) is 5.32 Å². The van der Waals surface area contributed by atoms with Gasteiger partial charge >= 0.3 is 5.97 Å². The van der Waals surface area contributed by atoms with Crippen LogP contribution in [0.2, 0.25) is 0 Å². The average molecular weight is 421 g/mol. The lowest BCUT2D eigenvalue weighted by Gasteiger charge is -2.40. The van der Waals surface area contributed by atoms with Crippen LogP contribution in [0, 0.1) is 5.41 Å². The Balaban J connectivity index is 1.94. The molecule has 1 atom stereocenters. The van der Waals surface area contributed by atoms with Crippen LogP contribution < -0.4 is 10.1 Å². The fourth-order valence-corrected chi connectivity index (χ4v) is 3.56. The van der Waals surface area contributed by atoms with Gasteiger partial charge in [-0.25, -0.2) is 0 Å². The molecule has 0 saturated carbocycles. The molecule has 0 bridgehead atoms. The number of likely N-dealkylation sites (tertiary alicyclic amines) is 1. The minimum Gasteiger partial charge on any atom is -0.497 e. The zero-order valence-electron chi connectivity index (χ0n) is 18.2. The number of piperidine rings is 1. The number of carbonyl (C=O) groups excluding carboxylic acids is 3. The largest absolute Gasteiger partial charge is 0.497 e. The number of rotatable bonds is 9. The third-order valence-corrected chi connectivity index (χ3v) is 5.64. The van der Waals surface area contributed by atoms with E-state index in [9.17, 15) is 14.4 Å². The van der Waals surface area contributed by atoms with Gasteiger partial charge in [0, 0.05) is 40.3 Å². The first-order valence-electron chi connectivity index (χ1n) is 10.2. The van der Waals surface area contributed by atoms with Crippen molar-refractivity contribution in [1.82, 2.24) is 10.2 Å². The summed E-state index contributed by atoms with van der Waals surface area (Å²) in [4.78, 5) is 38.8. The Hall–Kier alpha value is -2.61. The maximum atomic E-state index is 13.0. The maximum absolute atomic E-state index is 13.0. The van der Waals surface area contributed by atoms with Crippen LogP contribution in [-0.4, -0.2) is 62.7 Å². The van der Waals surface area contributed by atoms with Gasteiger partial charge in [-0.2, -0.15) is 0 Å². The van der Waals surface area contributed by atoms with Crippen molar-refractivity contribution >= 4 is 17.8 Å². The van der Waals surface area contributed by atoms with Crippen LogP contribution in [-0.2, 0) is 30.4 Å². The number of ether oxygens (including phenoxy) is 3. The first kappa shape index (κ1) is 23.7. The Kier molecular flexibility index (Phi) is 8.65. The number of hydrogen-bond donors (Lipinski definition) is 1. The van der Waals surface area contributed by atoms with Crippen molar-refractivity contribution in [3.05, 3.63) is 29.8 Å². The van der Waals surface area contributed by atoms with Crippen LogP contribution in [0.3, 0.4) is 0 Å². The SMILES string of the molecule is COCCC1(C(=O)OC(C)C(=O)NCc2cccc(OC)c2)CCN(C(C)=O)CC1. The zero-order valence-corrected chi connectivity index (χ0v) is 18.2. The number of amides is 2. The second-order valence-corrected chi connectivity index (χ2v) is 7.65. The molecule has 0 aromatic heterocycles. The highest BCUT2D eigenvalue weighted by Crippen LogP contribution is 2.37. The predicted molar refractivity (Wildman–Crippen MR) is 111 cm³/mol. The summed E-state index contributed by atoms with van der Waals surface area (Å²) in [7, 11) is 3.16. The van der Waals surface area contributed by atoms with E-state index in [-0.39, 0.29) is 11.8 Å². The molecule has 30 heavy (non-hydrogen) atoms. The molecule has 0 radical (unpaired) electrons. The van der Waals surface area contributed by atoms with Gasteiger partial charge in [0.25, 0.3) is 5.91 Å². The summed E-state index contributed by atoms with van der Waals surface area (Å²) in [5, 5.41) is 2.79. The summed E-state index contributed by atoms with van der Waals surface area (Å²) in [5.74, 6) is -0.0757. The fourth-order valence-electron chi connectivity index (χ4n) is 3.56.